The predicted molar refractivity (Wildman–Crippen MR) is 64.9 cm³/mol. The minimum atomic E-state index is -4.20. The molecule has 0 aliphatic carbocycles. The van der Waals surface area contributed by atoms with E-state index in [9.17, 15) is 18.0 Å². The largest absolute Gasteiger partial charge is 0.508 e. The van der Waals surface area contributed by atoms with Crippen LogP contribution in [0.4, 0.5) is 9.59 Å². The SMILES string of the molecule is O=C1OCC(C2COS(=O)(=O)OC23CCOC(=O)OC3)CO1. The van der Waals surface area contributed by atoms with Crippen LogP contribution in [-0.4, -0.2) is 59.4 Å². The van der Waals surface area contributed by atoms with E-state index in [1.54, 1.807) is 0 Å². The van der Waals surface area contributed by atoms with Crippen LogP contribution in [-0.2, 0) is 37.7 Å². The summed E-state index contributed by atoms with van der Waals surface area (Å²) in [5.41, 5.74) is -1.33. The Morgan fingerprint density at radius 1 is 0.955 bits per heavy atom. The van der Waals surface area contributed by atoms with Crippen LogP contribution >= 0.6 is 0 Å². The Labute approximate surface area is 125 Å². The minimum Gasteiger partial charge on any atom is -0.434 e. The van der Waals surface area contributed by atoms with Gasteiger partial charge in [-0.25, -0.2) is 18.0 Å². The third-order valence-corrected chi connectivity index (χ3v) is 4.88. The third kappa shape index (κ3) is 2.96. The molecule has 3 aliphatic heterocycles. The van der Waals surface area contributed by atoms with Crippen molar-refractivity contribution in [3.63, 3.8) is 0 Å². The van der Waals surface area contributed by atoms with Crippen molar-refractivity contribution in [3.05, 3.63) is 0 Å². The quantitative estimate of drug-likeness (QED) is 0.602. The first kappa shape index (κ1) is 15.3. The Hall–Kier alpha value is -1.59. The normalized spacial score (nSPS) is 35.7. The molecule has 1 spiro atoms. The number of hydrogen-bond donors (Lipinski definition) is 0. The van der Waals surface area contributed by atoms with Gasteiger partial charge in [0, 0.05) is 18.3 Å². The molecule has 0 bridgehead atoms. The van der Waals surface area contributed by atoms with Gasteiger partial charge in [-0.3, -0.25) is 0 Å². The topological polar surface area (TPSA) is 124 Å². The molecule has 3 saturated heterocycles. The standard InChI is InChI=1S/C11H14O10S/c12-9-16-2-1-11(6-19-9)8(5-20-22(14,15)21-11)7-3-17-10(13)18-4-7/h7-8H,1-6H2. The molecule has 3 fully saturated rings. The van der Waals surface area contributed by atoms with E-state index < -0.39 is 34.2 Å². The van der Waals surface area contributed by atoms with Crippen LogP contribution < -0.4 is 0 Å². The lowest BCUT2D eigenvalue weighted by Crippen LogP contribution is -2.57. The average Bonchev–Trinajstić information content (AvgIpc) is 2.63. The summed E-state index contributed by atoms with van der Waals surface area (Å²) in [6, 6.07) is 0. The second-order valence-corrected chi connectivity index (χ2v) is 6.44. The monoisotopic (exact) mass is 338 g/mol. The van der Waals surface area contributed by atoms with Gasteiger partial charge in [0.2, 0.25) is 0 Å². The summed E-state index contributed by atoms with van der Waals surface area (Å²) in [7, 11) is -4.20. The first-order valence-electron chi connectivity index (χ1n) is 6.59. The van der Waals surface area contributed by atoms with Gasteiger partial charge in [-0.2, -0.15) is 8.42 Å². The maximum atomic E-state index is 11.7. The van der Waals surface area contributed by atoms with Gasteiger partial charge in [0.25, 0.3) is 0 Å². The number of carbonyl (C=O) groups excluding carboxylic acids is 2. The number of ether oxygens (including phenoxy) is 4. The zero-order chi connectivity index (χ0) is 15.8. The lowest BCUT2D eigenvalue weighted by molar-refractivity contribution is -0.132. The van der Waals surface area contributed by atoms with Gasteiger partial charge in [-0.15, -0.1) is 0 Å². The van der Waals surface area contributed by atoms with Gasteiger partial charge >= 0.3 is 22.7 Å². The molecule has 0 aromatic heterocycles. The summed E-state index contributed by atoms with van der Waals surface area (Å²) in [6.45, 7) is -0.479. The lowest BCUT2D eigenvalue weighted by atomic mass is 9.77. The van der Waals surface area contributed by atoms with Crippen molar-refractivity contribution in [1.29, 1.82) is 0 Å². The molecule has 3 aliphatic rings. The van der Waals surface area contributed by atoms with Crippen LogP contribution in [0.15, 0.2) is 0 Å². The highest BCUT2D eigenvalue weighted by Gasteiger charge is 2.54. The molecule has 10 nitrogen and oxygen atoms in total. The number of rotatable bonds is 1. The van der Waals surface area contributed by atoms with Crippen molar-refractivity contribution in [2.75, 3.05) is 33.0 Å². The summed E-state index contributed by atoms with van der Waals surface area (Å²) in [5.74, 6) is -0.872. The molecular weight excluding hydrogens is 324 g/mol. The fraction of sp³-hybridized carbons (Fsp3) is 0.818. The molecule has 3 rings (SSSR count). The van der Waals surface area contributed by atoms with Crippen molar-refractivity contribution in [2.45, 2.75) is 12.0 Å². The summed E-state index contributed by atoms with van der Waals surface area (Å²) >= 11 is 0. The summed E-state index contributed by atoms with van der Waals surface area (Å²) in [4.78, 5) is 22.2. The molecule has 0 amide bonds. The van der Waals surface area contributed by atoms with Crippen molar-refractivity contribution < 1.29 is 45.3 Å². The zero-order valence-electron chi connectivity index (χ0n) is 11.4. The van der Waals surface area contributed by atoms with Crippen molar-refractivity contribution >= 4 is 22.7 Å². The van der Waals surface area contributed by atoms with E-state index in [4.69, 9.17) is 27.3 Å². The summed E-state index contributed by atoms with van der Waals surface area (Å²) in [6.07, 6.45) is -1.57. The van der Waals surface area contributed by atoms with E-state index in [2.05, 4.69) is 0 Å². The van der Waals surface area contributed by atoms with Crippen LogP contribution in [0, 0.1) is 11.8 Å². The first-order valence-corrected chi connectivity index (χ1v) is 7.93. The molecule has 124 valence electrons. The van der Waals surface area contributed by atoms with Crippen LogP contribution in [0.25, 0.3) is 0 Å². The fourth-order valence-corrected chi connectivity index (χ4v) is 3.82. The highest BCUT2D eigenvalue weighted by atomic mass is 32.3. The summed E-state index contributed by atoms with van der Waals surface area (Å²) < 4.78 is 52.4. The Balaban J connectivity index is 1.85. The molecule has 3 heterocycles. The van der Waals surface area contributed by atoms with Gasteiger partial charge in [-0.05, 0) is 0 Å². The van der Waals surface area contributed by atoms with Gasteiger partial charge in [0.1, 0.15) is 25.4 Å². The Bertz CT molecular complexity index is 561. The van der Waals surface area contributed by atoms with Gasteiger partial charge < -0.3 is 18.9 Å². The predicted octanol–water partition coefficient (Wildman–Crippen LogP) is -0.0271. The Morgan fingerprint density at radius 2 is 1.64 bits per heavy atom. The molecule has 22 heavy (non-hydrogen) atoms. The lowest BCUT2D eigenvalue weighted by Gasteiger charge is -2.44. The highest BCUT2D eigenvalue weighted by molar-refractivity contribution is 7.81. The molecule has 11 heteroatoms. The van der Waals surface area contributed by atoms with Crippen LogP contribution in [0.3, 0.4) is 0 Å². The smallest absolute Gasteiger partial charge is 0.434 e. The van der Waals surface area contributed by atoms with E-state index >= 15 is 0 Å². The molecular formula is C11H14O10S. The van der Waals surface area contributed by atoms with E-state index in [0.717, 1.165) is 0 Å². The van der Waals surface area contributed by atoms with Crippen molar-refractivity contribution in [1.82, 2.24) is 0 Å². The number of carbonyl (C=O) groups is 2. The van der Waals surface area contributed by atoms with Gasteiger partial charge in [0.15, 0.2) is 0 Å². The number of cyclic esters (lactones) is 4. The highest BCUT2D eigenvalue weighted by Crippen LogP contribution is 2.40. The molecule has 2 atom stereocenters. The molecule has 0 radical (unpaired) electrons. The Kier molecular flexibility index (Phi) is 3.87. The molecule has 0 N–H and O–H groups in total. The number of hydrogen-bond acceptors (Lipinski definition) is 10. The average molecular weight is 338 g/mol. The van der Waals surface area contributed by atoms with E-state index in [1.807, 2.05) is 0 Å². The molecule has 2 unspecified atom stereocenters. The van der Waals surface area contributed by atoms with Gasteiger partial charge in [0.05, 0.1) is 13.2 Å². The molecule has 0 aromatic rings. The third-order valence-electron chi connectivity index (χ3n) is 3.91. The first-order chi connectivity index (χ1) is 10.4. The van der Waals surface area contributed by atoms with E-state index in [1.165, 1.54) is 0 Å². The second-order valence-electron chi connectivity index (χ2n) is 5.22. The van der Waals surface area contributed by atoms with Crippen molar-refractivity contribution in [2.24, 2.45) is 11.8 Å². The maximum Gasteiger partial charge on any atom is 0.508 e. The van der Waals surface area contributed by atoms with Crippen LogP contribution in [0.1, 0.15) is 6.42 Å². The van der Waals surface area contributed by atoms with E-state index in [0.29, 0.717) is 0 Å². The maximum absolute atomic E-state index is 11.7. The van der Waals surface area contributed by atoms with Gasteiger partial charge in [-0.1, -0.05) is 0 Å². The zero-order valence-corrected chi connectivity index (χ0v) is 12.2. The molecule has 0 aromatic carbocycles. The van der Waals surface area contributed by atoms with Crippen LogP contribution in [0.2, 0.25) is 0 Å². The second kappa shape index (κ2) is 5.56. The summed E-state index contributed by atoms with van der Waals surface area (Å²) in [5, 5.41) is 0. The minimum absolute atomic E-state index is 0.0345. The fourth-order valence-electron chi connectivity index (χ4n) is 2.80. The van der Waals surface area contributed by atoms with Crippen molar-refractivity contribution in [3.8, 4) is 0 Å². The molecule has 0 saturated carbocycles. The van der Waals surface area contributed by atoms with Crippen LogP contribution in [0.5, 0.6) is 0 Å². The van der Waals surface area contributed by atoms with E-state index in [-0.39, 0.29) is 45.4 Å². The Morgan fingerprint density at radius 3 is 2.36 bits per heavy atom.